The van der Waals surface area contributed by atoms with E-state index in [2.05, 4.69) is 27.7 Å². The lowest BCUT2D eigenvalue weighted by Crippen LogP contribution is -2.50. The Kier molecular flexibility index (Phi) is 6.57. The fourth-order valence-electron chi connectivity index (χ4n) is 3.59. The first kappa shape index (κ1) is 20.3. The molecule has 5 nitrogen and oxygen atoms in total. The quantitative estimate of drug-likeness (QED) is 0.666. The van der Waals surface area contributed by atoms with Gasteiger partial charge in [-0.3, -0.25) is 14.5 Å². The second kappa shape index (κ2) is 9.69. The van der Waals surface area contributed by atoms with E-state index in [1.165, 1.54) is 4.88 Å². The van der Waals surface area contributed by atoms with Crippen LogP contribution in [0.5, 0.6) is 0 Å². The minimum absolute atomic E-state index is 0.0278. The summed E-state index contributed by atoms with van der Waals surface area (Å²) in [7, 11) is 0. The molecule has 0 saturated carbocycles. The third kappa shape index (κ3) is 5.14. The monoisotopic (exact) mass is 419 g/mol. The van der Waals surface area contributed by atoms with Crippen molar-refractivity contribution in [2.24, 2.45) is 0 Å². The van der Waals surface area contributed by atoms with Crippen molar-refractivity contribution < 1.29 is 9.59 Å². The Hall–Kier alpha value is -2.96. The molecule has 1 aromatic heterocycles. The second-order valence-corrected chi connectivity index (χ2v) is 8.39. The summed E-state index contributed by atoms with van der Waals surface area (Å²) in [6, 6.07) is 21.7. The number of benzene rings is 2. The zero-order valence-corrected chi connectivity index (χ0v) is 17.6. The lowest BCUT2D eigenvalue weighted by molar-refractivity contribution is -0.131. The molecule has 0 atom stereocenters. The number of thiophene rings is 1. The van der Waals surface area contributed by atoms with E-state index >= 15 is 0 Å². The van der Waals surface area contributed by atoms with E-state index in [1.807, 2.05) is 47.4 Å². The maximum atomic E-state index is 12.5. The SMILES string of the molecule is O=C(NCC(=O)N1CCN(Cc2cccs2)CC1)c1ccc(-c2ccccc2)cc1. The smallest absolute Gasteiger partial charge is 0.251 e. The molecule has 2 heterocycles. The highest BCUT2D eigenvalue weighted by Gasteiger charge is 2.21. The maximum absolute atomic E-state index is 12.5. The van der Waals surface area contributed by atoms with Gasteiger partial charge < -0.3 is 10.2 Å². The summed E-state index contributed by atoms with van der Waals surface area (Å²) in [6.07, 6.45) is 0. The number of hydrogen-bond acceptors (Lipinski definition) is 4. The van der Waals surface area contributed by atoms with Gasteiger partial charge in [-0.25, -0.2) is 0 Å². The number of carbonyl (C=O) groups excluding carboxylic acids is 2. The molecule has 1 aliphatic heterocycles. The Morgan fingerprint density at radius 2 is 1.53 bits per heavy atom. The van der Waals surface area contributed by atoms with Crippen LogP contribution in [0.15, 0.2) is 72.1 Å². The van der Waals surface area contributed by atoms with Gasteiger partial charge in [-0.2, -0.15) is 0 Å². The normalized spacial score (nSPS) is 14.5. The summed E-state index contributed by atoms with van der Waals surface area (Å²) >= 11 is 1.76. The van der Waals surface area contributed by atoms with Gasteiger partial charge in [0.25, 0.3) is 5.91 Å². The number of carbonyl (C=O) groups is 2. The van der Waals surface area contributed by atoms with Crippen molar-refractivity contribution in [2.45, 2.75) is 6.54 Å². The number of amides is 2. The Morgan fingerprint density at radius 3 is 2.20 bits per heavy atom. The molecular weight excluding hydrogens is 394 g/mol. The first-order valence-electron chi connectivity index (χ1n) is 10.2. The molecule has 0 aliphatic carbocycles. The molecule has 1 N–H and O–H groups in total. The van der Waals surface area contributed by atoms with Crippen LogP contribution in [0.25, 0.3) is 11.1 Å². The summed E-state index contributed by atoms with van der Waals surface area (Å²) < 4.78 is 0. The zero-order chi connectivity index (χ0) is 20.8. The van der Waals surface area contributed by atoms with Crippen molar-refractivity contribution in [3.8, 4) is 11.1 Å². The summed E-state index contributed by atoms with van der Waals surface area (Å²) in [5.41, 5.74) is 2.73. The van der Waals surface area contributed by atoms with Crippen LogP contribution >= 0.6 is 11.3 Å². The molecule has 1 fully saturated rings. The zero-order valence-electron chi connectivity index (χ0n) is 16.8. The first-order chi connectivity index (χ1) is 14.7. The fraction of sp³-hybridized carbons (Fsp3) is 0.250. The fourth-order valence-corrected chi connectivity index (χ4v) is 4.34. The highest BCUT2D eigenvalue weighted by Crippen LogP contribution is 2.19. The van der Waals surface area contributed by atoms with E-state index in [4.69, 9.17) is 0 Å². The van der Waals surface area contributed by atoms with Gasteiger partial charge in [0.2, 0.25) is 5.91 Å². The molecule has 2 amide bonds. The highest BCUT2D eigenvalue weighted by molar-refractivity contribution is 7.09. The van der Waals surface area contributed by atoms with E-state index in [1.54, 1.807) is 23.5 Å². The van der Waals surface area contributed by atoms with E-state index < -0.39 is 0 Å². The molecule has 1 saturated heterocycles. The van der Waals surface area contributed by atoms with E-state index in [0.29, 0.717) is 18.7 Å². The van der Waals surface area contributed by atoms with E-state index in [-0.39, 0.29) is 18.4 Å². The van der Waals surface area contributed by atoms with Crippen LogP contribution in [-0.2, 0) is 11.3 Å². The van der Waals surface area contributed by atoms with Gasteiger partial charge in [0, 0.05) is 43.2 Å². The average Bonchev–Trinajstić information content (AvgIpc) is 3.31. The standard InChI is InChI=1S/C24H25N3O2S/c28-23(27-14-12-26(13-15-27)18-22-7-4-16-30-22)17-25-24(29)21-10-8-20(9-11-21)19-5-2-1-3-6-19/h1-11,16H,12-15,17-18H2,(H,25,29). The minimum atomic E-state index is -0.223. The number of hydrogen-bond donors (Lipinski definition) is 1. The van der Waals surface area contributed by atoms with Crippen LogP contribution in [0.1, 0.15) is 15.2 Å². The number of nitrogens with one attached hydrogen (secondary N) is 1. The topological polar surface area (TPSA) is 52.7 Å². The molecule has 2 aromatic carbocycles. The van der Waals surface area contributed by atoms with Gasteiger partial charge in [0.15, 0.2) is 0 Å². The van der Waals surface area contributed by atoms with Gasteiger partial charge in [-0.05, 0) is 34.7 Å². The van der Waals surface area contributed by atoms with Crippen molar-refractivity contribution in [2.75, 3.05) is 32.7 Å². The van der Waals surface area contributed by atoms with Gasteiger partial charge in [-0.15, -0.1) is 11.3 Å². The molecule has 0 bridgehead atoms. The van der Waals surface area contributed by atoms with E-state index in [9.17, 15) is 9.59 Å². The predicted molar refractivity (Wildman–Crippen MR) is 120 cm³/mol. The third-order valence-corrected chi connectivity index (χ3v) is 6.20. The largest absolute Gasteiger partial charge is 0.343 e. The lowest BCUT2D eigenvalue weighted by Gasteiger charge is -2.34. The number of rotatable bonds is 6. The van der Waals surface area contributed by atoms with Crippen molar-refractivity contribution in [3.63, 3.8) is 0 Å². The van der Waals surface area contributed by atoms with Crippen LogP contribution < -0.4 is 5.32 Å². The van der Waals surface area contributed by atoms with Crippen LogP contribution in [0.2, 0.25) is 0 Å². The lowest BCUT2D eigenvalue weighted by atomic mass is 10.0. The molecule has 0 radical (unpaired) electrons. The van der Waals surface area contributed by atoms with Gasteiger partial charge in [0.1, 0.15) is 0 Å². The molecule has 154 valence electrons. The molecular formula is C24H25N3O2S. The Balaban J connectivity index is 1.23. The summed E-state index contributed by atoms with van der Waals surface area (Å²) in [6.45, 7) is 4.09. The first-order valence-corrected chi connectivity index (χ1v) is 11.0. The maximum Gasteiger partial charge on any atom is 0.251 e. The molecule has 1 aliphatic rings. The molecule has 4 rings (SSSR count). The van der Waals surface area contributed by atoms with Crippen LogP contribution in [0.3, 0.4) is 0 Å². The van der Waals surface area contributed by atoms with Crippen molar-refractivity contribution in [1.29, 1.82) is 0 Å². The summed E-state index contributed by atoms with van der Waals surface area (Å²) in [4.78, 5) is 30.5. The van der Waals surface area contributed by atoms with Gasteiger partial charge in [0.05, 0.1) is 6.54 Å². The molecule has 6 heteroatoms. The summed E-state index contributed by atoms with van der Waals surface area (Å²) in [5, 5.41) is 4.85. The van der Waals surface area contributed by atoms with Gasteiger partial charge in [-0.1, -0.05) is 48.5 Å². The minimum Gasteiger partial charge on any atom is -0.343 e. The highest BCUT2D eigenvalue weighted by atomic mass is 32.1. The number of piperazine rings is 1. The van der Waals surface area contributed by atoms with Crippen molar-refractivity contribution >= 4 is 23.2 Å². The van der Waals surface area contributed by atoms with Crippen LogP contribution in [-0.4, -0.2) is 54.3 Å². The molecule has 3 aromatic rings. The van der Waals surface area contributed by atoms with Crippen molar-refractivity contribution in [1.82, 2.24) is 15.1 Å². The van der Waals surface area contributed by atoms with Crippen molar-refractivity contribution in [3.05, 3.63) is 82.6 Å². The van der Waals surface area contributed by atoms with E-state index in [0.717, 1.165) is 30.8 Å². The van der Waals surface area contributed by atoms with Gasteiger partial charge >= 0.3 is 0 Å². The Morgan fingerprint density at radius 1 is 0.833 bits per heavy atom. The average molecular weight is 420 g/mol. The van der Waals surface area contributed by atoms with Crippen LogP contribution in [0, 0.1) is 0 Å². The molecule has 0 unspecified atom stereocenters. The Bertz CT molecular complexity index is 963. The third-order valence-electron chi connectivity index (χ3n) is 5.34. The number of nitrogens with zero attached hydrogens (tertiary/aromatic N) is 2. The molecule has 0 spiro atoms. The van der Waals surface area contributed by atoms with Crippen LogP contribution in [0.4, 0.5) is 0 Å². The second-order valence-electron chi connectivity index (χ2n) is 7.36. The summed E-state index contributed by atoms with van der Waals surface area (Å²) in [5.74, 6) is -0.251. The Labute approximate surface area is 180 Å². The molecule has 30 heavy (non-hydrogen) atoms. The predicted octanol–water partition coefficient (Wildman–Crippen LogP) is 3.49.